The molecule has 1 aliphatic heterocycles. The van der Waals surface area contributed by atoms with Gasteiger partial charge in [-0.3, -0.25) is 14.4 Å². The van der Waals surface area contributed by atoms with E-state index < -0.39 is 48.6 Å². The molecule has 0 aromatic rings. The van der Waals surface area contributed by atoms with Crippen molar-refractivity contribution in [1.29, 1.82) is 0 Å². The van der Waals surface area contributed by atoms with Crippen molar-refractivity contribution in [3.8, 4) is 0 Å². The van der Waals surface area contributed by atoms with Gasteiger partial charge in [0.2, 0.25) is 17.7 Å². The molecule has 6 N–H and O–H groups in total. The van der Waals surface area contributed by atoms with Crippen molar-refractivity contribution in [2.24, 2.45) is 11.8 Å². The molecule has 0 aliphatic carbocycles. The first-order chi connectivity index (χ1) is 13.6. The Kier molecular flexibility index (Phi) is 10.0. The molecule has 4 atom stereocenters. The van der Waals surface area contributed by atoms with Crippen molar-refractivity contribution in [2.45, 2.75) is 71.1 Å². The number of nitrogens with one attached hydrogen (secondary N) is 4. The van der Waals surface area contributed by atoms with Crippen molar-refractivity contribution in [3.05, 3.63) is 0 Å². The van der Waals surface area contributed by atoms with Crippen LogP contribution in [0.25, 0.3) is 0 Å². The molecule has 1 aliphatic rings. The van der Waals surface area contributed by atoms with Crippen LogP contribution in [0.3, 0.4) is 0 Å². The smallest absolute Gasteiger partial charge is 0.326 e. The normalized spacial score (nSPS) is 19.5. The lowest BCUT2D eigenvalue weighted by Gasteiger charge is -2.26. The van der Waals surface area contributed by atoms with Crippen LogP contribution >= 0.6 is 0 Å². The van der Waals surface area contributed by atoms with E-state index in [1.54, 1.807) is 13.8 Å². The molecule has 29 heavy (non-hydrogen) atoms. The highest BCUT2D eigenvalue weighted by molar-refractivity contribution is 5.94. The van der Waals surface area contributed by atoms with E-state index in [-0.39, 0.29) is 24.2 Å². The third-order valence-corrected chi connectivity index (χ3v) is 4.76. The summed E-state index contributed by atoms with van der Waals surface area (Å²) in [6, 6.07) is -3.68. The number of carboxylic acids is 1. The molecule has 0 saturated carbocycles. The second-order valence-electron chi connectivity index (χ2n) is 8.15. The molecule has 1 fully saturated rings. The zero-order valence-electron chi connectivity index (χ0n) is 17.5. The van der Waals surface area contributed by atoms with Crippen molar-refractivity contribution >= 4 is 23.7 Å². The van der Waals surface area contributed by atoms with Gasteiger partial charge in [0.25, 0.3) is 0 Å². The van der Waals surface area contributed by atoms with Crippen molar-refractivity contribution in [2.75, 3.05) is 13.2 Å². The molecule has 0 bridgehead atoms. The van der Waals surface area contributed by atoms with Crippen LogP contribution in [0, 0.1) is 11.8 Å². The van der Waals surface area contributed by atoms with Gasteiger partial charge in [0.15, 0.2) is 0 Å². The fraction of sp³-hybridized carbons (Fsp3) is 0.789. The summed E-state index contributed by atoms with van der Waals surface area (Å²) in [5.74, 6) is -3.15. The summed E-state index contributed by atoms with van der Waals surface area (Å²) in [6.07, 6.45) is 1.78. The first-order valence-electron chi connectivity index (χ1n) is 10.0. The van der Waals surface area contributed by atoms with Gasteiger partial charge in [-0.2, -0.15) is 0 Å². The molecule has 1 rings (SSSR count). The molecule has 1 saturated heterocycles. The van der Waals surface area contributed by atoms with Crippen LogP contribution in [0.2, 0.25) is 0 Å². The predicted molar refractivity (Wildman–Crippen MR) is 106 cm³/mol. The number of aliphatic carboxylic acids is 1. The van der Waals surface area contributed by atoms with Crippen molar-refractivity contribution in [1.82, 2.24) is 21.3 Å². The molecule has 1 heterocycles. The lowest BCUT2D eigenvalue weighted by Crippen LogP contribution is -2.58. The van der Waals surface area contributed by atoms with E-state index in [1.807, 2.05) is 13.8 Å². The predicted octanol–water partition coefficient (Wildman–Crippen LogP) is -1.03. The SMILES string of the molecule is CC(C)CC(NC(=O)C(CO)NC(=O)C1CCCN1)C(=O)NC(C(=O)O)C(C)C. The molecule has 4 unspecified atom stereocenters. The number of amides is 3. The number of hydrogen-bond donors (Lipinski definition) is 6. The molecule has 0 radical (unpaired) electrons. The summed E-state index contributed by atoms with van der Waals surface area (Å²) >= 11 is 0. The lowest BCUT2D eigenvalue weighted by molar-refractivity contribution is -0.143. The maximum atomic E-state index is 12.6. The number of aliphatic hydroxyl groups excluding tert-OH is 1. The van der Waals surface area contributed by atoms with Gasteiger partial charge in [-0.25, -0.2) is 4.79 Å². The highest BCUT2D eigenvalue weighted by Crippen LogP contribution is 2.09. The molecule has 0 aromatic carbocycles. The fourth-order valence-electron chi connectivity index (χ4n) is 3.12. The third kappa shape index (κ3) is 7.98. The summed E-state index contributed by atoms with van der Waals surface area (Å²) in [6.45, 7) is 7.16. The summed E-state index contributed by atoms with van der Waals surface area (Å²) in [5, 5.41) is 29.3. The first kappa shape index (κ1) is 24.8. The van der Waals surface area contributed by atoms with Crippen LogP contribution < -0.4 is 21.3 Å². The van der Waals surface area contributed by atoms with E-state index in [0.29, 0.717) is 13.0 Å². The Bertz CT molecular complexity index is 589. The van der Waals surface area contributed by atoms with Gasteiger partial charge in [0, 0.05) is 0 Å². The molecule has 10 nitrogen and oxygen atoms in total. The lowest BCUT2D eigenvalue weighted by atomic mass is 10.00. The van der Waals surface area contributed by atoms with Crippen LogP contribution in [0.15, 0.2) is 0 Å². The topological polar surface area (TPSA) is 157 Å². The number of aliphatic hydroxyl groups is 1. The molecular weight excluding hydrogens is 380 g/mol. The van der Waals surface area contributed by atoms with Gasteiger partial charge in [0.1, 0.15) is 18.1 Å². The number of rotatable bonds is 11. The molecule has 0 spiro atoms. The van der Waals surface area contributed by atoms with Gasteiger partial charge in [-0.1, -0.05) is 27.7 Å². The largest absolute Gasteiger partial charge is 0.480 e. The van der Waals surface area contributed by atoms with Gasteiger partial charge >= 0.3 is 5.97 Å². The average Bonchev–Trinajstić information content (AvgIpc) is 3.16. The number of hydrogen-bond acceptors (Lipinski definition) is 6. The minimum absolute atomic E-state index is 0.0400. The van der Waals surface area contributed by atoms with Gasteiger partial charge in [0.05, 0.1) is 12.6 Å². The van der Waals surface area contributed by atoms with Gasteiger partial charge in [-0.05, 0) is 37.6 Å². The second kappa shape index (κ2) is 11.7. The summed E-state index contributed by atoms with van der Waals surface area (Å²) in [7, 11) is 0. The quantitative estimate of drug-likeness (QED) is 0.252. The number of carbonyl (C=O) groups excluding carboxylic acids is 3. The summed E-state index contributed by atoms with van der Waals surface area (Å²) in [4.78, 5) is 48.8. The Morgan fingerprint density at radius 2 is 1.62 bits per heavy atom. The Morgan fingerprint density at radius 1 is 1.00 bits per heavy atom. The van der Waals surface area contributed by atoms with E-state index in [4.69, 9.17) is 0 Å². The number of carbonyl (C=O) groups is 4. The van der Waals surface area contributed by atoms with Gasteiger partial charge < -0.3 is 31.5 Å². The maximum absolute atomic E-state index is 12.6. The van der Waals surface area contributed by atoms with E-state index in [2.05, 4.69) is 21.3 Å². The standard InChI is InChI=1S/C19H34N4O6/c1-10(2)8-13(17(26)23-15(11(3)4)19(28)29)21-18(27)14(9-24)22-16(25)12-6-5-7-20-12/h10-15,20,24H,5-9H2,1-4H3,(H,21,27)(H,22,25)(H,23,26)(H,28,29). The second-order valence-corrected chi connectivity index (χ2v) is 8.15. The zero-order chi connectivity index (χ0) is 22.1. The summed E-state index contributed by atoms with van der Waals surface area (Å²) in [5.41, 5.74) is 0. The average molecular weight is 415 g/mol. The molecule has 3 amide bonds. The van der Waals surface area contributed by atoms with Crippen LogP contribution in [0.1, 0.15) is 47.0 Å². The molecule has 0 aromatic heterocycles. The van der Waals surface area contributed by atoms with Crippen LogP contribution in [0.4, 0.5) is 0 Å². The first-order valence-corrected chi connectivity index (χ1v) is 10.0. The third-order valence-electron chi connectivity index (χ3n) is 4.76. The molecule has 10 heteroatoms. The fourth-order valence-corrected chi connectivity index (χ4v) is 3.12. The van der Waals surface area contributed by atoms with Gasteiger partial charge in [-0.15, -0.1) is 0 Å². The van der Waals surface area contributed by atoms with Crippen molar-refractivity contribution < 1.29 is 29.4 Å². The van der Waals surface area contributed by atoms with E-state index >= 15 is 0 Å². The molecular formula is C19H34N4O6. The number of carboxylic acid groups (broad SMARTS) is 1. The Hall–Kier alpha value is -2.20. The minimum atomic E-state index is -1.20. The Balaban J connectivity index is 2.80. The molecule has 166 valence electrons. The van der Waals surface area contributed by atoms with Crippen LogP contribution in [0.5, 0.6) is 0 Å². The van der Waals surface area contributed by atoms with E-state index in [0.717, 1.165) is 6.42 Å². The van der Waals surface area contributed by atoms with Crippen molar-refractivity contribution in [3.63, 3.8) is 0 Å². The highest BCUT2D eigenvalue weighted by Gasteiger charge is 2.32. The highest BCUT2D eigenvalue weighted by atomic mass is 16.4. The van der Waals surface area contributed by atoms with E-state index in [1.165, 1.54) is 0 Å². The Morgan fingerprint density at radius 3 is 2.07 bits per heavy atom. The zero-order valence-corrected chi connectivity index (χ0v) is 17.5. The summed E-state index contributed by atoms with van der Waals surface area (Å²) < 4.78 is 0. The maximum Gasteiger partial charge on any atom is 0.326 e. The van der Waals surface area contributed by atoms with Crippen LogP contribution in [-0.2, 0) is 19.2 Å². The monoisotopic (exact) mass is 414 g/mol. The minimum Gasteiger partial charge on any atom is -0.480 e. The van der Waals surface area contributed by atoms with Crippen LogP contribution in [-0.4, -0.2) is 71.2 Å². The van der Waals surface area contributed by atoms with E-state index in [9.17, 15) is 29.4 Å². The Labute approximate surface area is 171 Å².